The summed E-state index contributed by atoms with van der Waals surface area (Å²) in [6, 6.07) is 10.3. The van der Waals surface area contributed by atoms with Gasteiger partial charge < -0.3 is 0 Å². The van der Waals surface area contributed by atoms with E-state index in [0.717, 1.165) is 6.42 Å². The van der Waals surface area contributed by atoms with Gasteiger partial charge in [-0.1, -0.05) is 0 Å². The van der Waals surface area contributed by atoms with E-state index in [9.17, 15) is 0 Å². The van der Waals surface area contributed by atoms with Crippen LogP contribution in [0, 0.1) is 0 Å². The molecule has 19 heavy (non-hydrogen) atoms. The van der Waals surface area contributed by atoms with Crippen LogP contribution in [0.15, 0.2) is 30.3 Å². The van der Waals surface area contributed by atoms with Crippen molar-refractivity contribution in [1.82, 2.24) is 0 Å². The van der Waals surface area contributed by atoms with Crippen molar-refractivity contribution >= 4 is 19.6 Å². The first kappa shape index (κ1) is 16.9. The molecule has 1 unspecified atom stereocenters. The van der Waals surface area contributed by atoms with Gasteiger partial charge >= 0.3 is 122 Å². The van der Waals surface area contributed by atoms with Crippen LogP contribution in [0.1, 0.15) is 19.4 Å². The van der Waals surface area contributed by atoms with Crippen LogP contribution in [-0.2, 0) is 15.6 Å². The molecular formula is C14H25NO3Sn. The van der Waals surface area contributed by atoms with Gasteiger partial charge in [-0.05, 0) is 0 Å². The standard InChI is InChI=1S/C8H9O.C3H7O.C2H6NO.CH3.Sn/c9-7-6-8-4-2-1-3-5-8;1-3(2)4;3-1-2-4;;/h1-5H,6-7H2;3H,1-2H3;1-3H2;1H3;/q3*-1;;+3. The van der Waals surface area contributed by atoms with Crippen molar-refractivity contribution in [3.8, 4) is 0 Å². The van der Waals surface area contributed by atoms with E-state index < -0.39 is 19.6 Å². The zero-order valence-corrected chi connectivity index (χ0v) is 14.9. The van der Waals surface area contributed by atoms with Crippen molar-refractivity contribution in [1.29, 1.82) is 0 Å². The summed E-state index contributed by atoms with van der Waals surface area (Å²) in [4.78, 5) is 2.00. The molecule has 1 rings (SSSR count). The molecule has 0 saturated carbocycles. The van der Waals surface area contributed by atoms with Crippen molar-refractivity contribution in [3.05, 3.63) is 35.9 Å². The molecule has 5 heteroatoms. The molecule has 2 N–H and O–H groups in total. The van der Waals surface area contributed by atoms with Crippen molar-refractivity contribution in [3.63, 3.8) is 0 Å². The van der Waals surface area contributed by atoms with Gasteiger partial charge in [-0.25, -0.2) is 0 Å². The maximum absolute atomic E-state index is 5.96. The molecule has 1 aromatic rings. The molecular weight excluding hydrogens is 349 g/mol. The zero-order chi connectivity index (χ0) is 14.1. The van der Waals surface area contributed by atoms with Crippen LogP contribution in [-0.4, -0.2) is 45.5 Å². The minimum absolute atomic E-state index is 0.121. The SMILES string of the molecule is CC(C)[O][Sn]([CH3])([O]CCN)[O]CCc1ccccc1. The van der Waals surface area contributed by atoms with Crippen molar-refractivity contribution in [2.24, 2.45) is 5.73 Å². The molecule has 0 heterocycles. The third-order valence-corrected chi connectivity index (χ3v) is 9.26. The summed E-state index contributed by atoms with van der Waals surface area (Å²) in [6.45, 7) is 5.64. The summed E-state index contributed by atoms with van der Waals surface area (Å²) in [7, 11) is 0. The average Bonchev–Trinajstić information content (AvgIpc) is 2.37. The third kappa shape index (κ3) is 7.27. The number of rotatable bonds is 9. The van der Waals surface area contributed by atoms with Crippen LogP contribution < -0.4 is 5.73 Å². The Balaban J connectivity index is 2.43. The Kier molecular flexibility index (Phi) is 7.94. The first-order valence-electron chi connectivity index (χ1n) is 6.75. The van der Waals surface area contributed by atoms with Crippen LogP contribution in [0.2, 0.25) is 4.94 Å². The molecule has 0 fully saturated rings. The Labute approximate surface area is 121 Å². The molecule has 1 atom stereocenters. The van der Waals surface area contributed by atoms with Crippen LogP contribution >= 0.6 is 0 Å². The Bertz CT molecular complexity index is 348. The molecule has 4 nitrogen and oxygen atoms in total. The molecule has 0 saturated heterocycles. The molecule has 0 spiro atoms. The van der Waals surface area contributed by atoms with Crippen LogP contribution in [0.4, 0.5) is 0 Å². The van der Waals surface area contributed by atoms with E-state index in [1.54, 1.807) is 0 Å². The van der Waals surface area contributed by atoms with Crippen LogP contribution in [0.3, 0.4) is 0 Å². The number of nitrogens with two attached hydrogens (primary N) is 1. The monoisotopic (exact) mass is 375 g/mol. The fourth-order valence-electron chi connectivity index (χ4n) is 1.78. The van der Waals surface area contributed by atoms with Gasteiger partial charge in [0, 0.05) is 0 Å². The van der Waals surface area contributed by atoms with E-state index >= 15 is 0 Å². The molecule has 0 aliphatic carbocycles. The predicted molar refractivity (Wildman–Crippen MR) is 78.9 cm³/mol. The molecule has 0 aromatic heterocycles. The topological polar surface area (TPSA) is 53.7 Å². The number of hydrogen-bond donors (Lipinski definition) is 1. The Morgan fingerprint density at radius 3 is 2.32 bits per heavy atom. The third-order valence-electron chi connectivity index (χ3n) is 2.53. The first-order chi connectivity index (χ1) is 9.06. The van der Waals surface area contributed by atoms with E-state index in [2.05, 4.69) is 12.1 Å². The summed E-state index contributed by atoms with van der Waals surface area (Å²) in [5.74, 6) is 0. The van der Waals surface area contributed by atoms with Crippen LogP contribution in [0.5, 0.6) is 0 Å². The van der Waals surface area contributed by atoms with Crippen molar-refractivity contribution in [2.45, 2.75) is 31.3 Å². The van der Waals surface area contributed by atoms with Gasteiger partial charge in [0.05, 0.1) is 0 Å². The summed E-state index contributed by atoms with van der Waals surface area (Å²) >= 11 is -3.36. The normalized spacial score (nSPS) is 14.6. The quantitative estimate of drug-likeness (QED) is 0.674. The maximum atomic E-state index is 5.96. The second-order valence-electron chi connectivity index (χ2n) is 4.75. The van der Waals surface area contributed by atoms with E-state index in [1.807, 2.05) is 37.0 Å². The average molecular weight is 374 g/mol. The summed E-state index contributed by atoms with van der Waals surface area (Å²) in [6.07, 6.45) is 0.996. The second-order valence-corrected chi connectivity index (χ2v) is 12.0. The van der Waals surface area contributed by atoms with Gasteiger partial charge in [-0.3, -0.25) is 0 Å². The van der Waals surface area contributed by atoms with Gasteiger partial charge in [0.1, 0.15) is 0 Å². The molecule has 1 aromatic carbocycles. The van der Waals surface area contributed by atoms with E-state index in [-0.39, 0.29) is 6.10 Å². The zero-order valence-electron chi connectivity index (χ0n) is 12.1. The Morgan fingerprint density at radius 2 is 1.74 bits per heavy atom. The van der Waals surface area contributed by atoms with Gasteiger partial charge in [-0.15, -0.1) is 0 Å². The first-order valence-corrected chi connectivity index (χ1v) is 13.1. The fraction of sp³-hybridized carbons (Fsp3) is 0.571. The predicted octanol–water partition coefficient (Wildman–Crippen LogP) is 2.21. The number of hydrogen-bond acceptors (Lipinski definition) is 4. The van der Waals surface area contributed by atoms with Gasteiger partial charge in [-0.2, -0.15) is 0 Å². The van der Waals surface area contributed by atoms with Gasteiger partial charge in [0.25, 0.3) is 0 Å². The number of benzene rings is 1. The van der Waals surface area contributed by atoms with Gasteiger partial charge in [0.15, 0.2) is 0 Å². The van der Waals surface area contributed by atoms with Crippen molar-refractivity contribution in [2.75, 3.05) is 19.8 Å². The second kappa shape index (κ2) is 8.92. The fourth-order valence-corrected chi connectivity index (χ4v) is 7.60. The van der Waals surface area contributed by atoms with Crippen LogP contribution in [0.25, 0.3) is 0 Å². The summed E-state index contributed by atoms with van der Waals surface area (Å²) < 4.78 is 17.6. The van der Waals surface area contributed by atoms with Gasteiger partial charge in [0.2, 0.25) is 0 Å². The van der Waals surface area contributed by atoms with Crippen molar-refractivity contribution < 1.29 is 9.22 Å². The molecule has 0 amide bonds. The molecule has 0 radical (unpaired) electrons. The molecule has 0 aliphatic heterocycles. The minimum atomic E-state index is -3.36. The summed E-state index contributed by atoms with van der Waals surface area (Å²) in [5.41, 5.74) is 6.75. The van der Waals surface area contributed by atoms with E-state index in [1.165, 1.54) is 5.56 Å². The molecule has 108 valence electrons. The molecule has 0 bridgehead atoms. The Hall–Kier alpha value is -0.141. The Morgan fingerprint density at radius 1 is 1.11 bits per heavy atom. The van der Waals surface area contributed by atoms with E-state index in [0.29, 0.717) is 19.8 Å². The van der Waals surface area contributed by atoms with E-state index in [4.69, 9.17) is 15.0 Å². The summed E-state index contributed by atoms with van der Waals surface area (Å²) in [5, 5.41) is 0. The molecule has 0 aliphatic rings.